The number of ether oxygens (including phenoxy) is 1. The molecule has 2 aromatic rings. The SMILES string of the molecule is Cc1ccc(S(=O)(=O)O[C@H]2C=C[C@H]3[C@H]4Cc5ccc(O)c6c5[C@@]3(CCN4C)[C@H]2O6)cc1. The van der Waals surface area contributed by atoms with Gasteiger partial charge in [-0.1, -0.05) is 35.9 Å². The third-order valence-corrected chi connectivity index (χ3v) is 9.00. The van der Waals surface area contributed by atoms with Crippen molar-refractivity contribution >= 4 is 10.1 Å². The Balaban J connectivity index is 1.45. The van der Waals surface area contributed by atoms with Gasteiger partial charge in [0.15, 0.2) is 11.5 Å². The first-order chi connectivity index (χ1) is 14.8. The maximum Gasteiger partial charge on any atom is 0.297 e. The van der Waals surface area contributed by atoms with Crippen molar-refractivity contribution < 1.29 is 22.4 Å². The Morgan fingerprint density at radius 1 is 1.16 bits per heavy atom. The van der Waals surface area contributed by atoms with Crippen LogP contribution in [-0.4, -0.2) is 50.3 Å². The van der Waals surface area contributed by atoms with Crippen LogP contribution in [0.1, 0.15) is 23.1 Å². The number of likely N-dealkylation sites (tertiary alicyclic amines) is 1. The van der Waals surface area contributed by atoms with E-state index >= 15 is 0 Å². The highest BCUT2D eigenvalue weighted by atomic mass is 32.2. The predicted octanol–water partition coefficient (Wildman–Crippen LogP) is 2.92. The largest absolute Gasteiger partial charge is 0.504 e. The van der Waals surface area contributed by atoms with E-state index in [0.29, 0.717) is 11.8 Å². The molecule has 1 N–H and O–H groups in total. The van der Waals surface area contributed by atoms with Gasteiger partial charge in [-0.05, 0) is 57.1 Å². The van der Waals surface area contributed by atoms with Crippen LogP contribution in [0.25, 0.3) is 0 Å². The summed E-state index contributed by atoms with van der Waals surface area (Å²) in [6, 6.07) is 10.6. The molecule has 1 saturated heterocycles. The minimum atomic E-state index is -3.97. The van der Waals surface area contributed by atoms with Gasteiger partial charge in [-0.2, -0.15) is 8.42 Å². The van der Waals surface area contributed by atoms with E-state index in [1.807, 2.05) is 19.1 Å². The molecule has 31 heavy (non-hydrogen) atoms. The number of aryl methyl sites for hydroxylation is 1. The monoisotopic (exact) mass is 439 g/mol. The van der Waals surface area contributed by atoms with E-state index in [1.54, 1.807) is 30.3 Å². The number of likely N-dealkylation sites (N-methyl/N-ethyl adjacent to an activating group) is 1. The average molecular weight is 440 g/mol. The van der Waals surface area contributed by atoms with Crippen LogP contribution < -0.4 is 4.74 Å². The lowest BCUT2D eigenvalue weighted by molar-refractivity contribution is -0.0367. The number of aromatic hydroxyl groups is 1. The molecule has 6 rings (SSSR count). The summed E-state index contributed by atoms with van der Waals surface area (Å²) in [6.07, 6.45) is 4.43. The molecular formula is C24H25NO5S. The normalized spacial score (nSPS) is 33.1. The van der Waals surface area contributed by atoms with Crippen molar-refractivity contribution in [3.8, 4) is 11.5 Å². The van der Waals surface area contributed by atoms with Gasteiger partial charge in [0, 0.05) is 22.9 Å². The van der Waals surface area contributed by atoms with Crippen molar-refractivity contribution in [3.05, 3.63) is 65.2 Å². The molecule has 0 unspecified atom stereocenters. The number of nitrogens with zero attached hydrogens (tertiary/aromatic N) is 1. The second kappa shape index (κ2) is 6.34. The van der Waals surface area contributed by atoms with Crippen molar-refractivity contribution in [1.82, 2.24) is 4.90 Å². The summed E-state index contributed by atoms with van der Waals surface area (Å²) in [5.41, 5.74) is 2.83. The average Bonchev–Trinajstić information content (AvgIpc) is 3.09. The molecule has 0 saturated carbocycles. The Morgan fingerprint density at radius 3 is 2.71 bits per heavy atom. The first-order valence-electron chi connectivity index (χ1n) is 10.7. The van der Waals surface area contributed by atoms with E-state index in [1.165, 1.54) is 5.56 Å². The van der Waals surface area contributed by atoms with Gasteiger partial charge in [-0.25, -0.2) is 0 Å². The molecule has 162 valence electrons. The van der Waals surface area contributed by atoms with Gasteiger partial charge in [-0.3, -0.25) is 4.18 Å². The van der Waals surface area contributed by atoms with Gasteiger partial charge in [-0.15, -0.1) is 0 Å². The molecular weight excluding hydrogens is 414 g/mol. The van der Waals surface area contributed by atoms with E-state index in [0.717, 1.165) is 30.5 Å². The molecule has 2 bridgehead atoms. The molecule has 0 amide bonds. The number of rotatable bonds is 3. The lowest BCUT2D eigenvalue weighted by Gasteiger charge is -2.56. The number of hydrogen-bond acceptors (Lipinski definition) is 6. The Labute approximate surface area is 182 Å². The zero-order valence-electron chi connectivity index (χ0n) is 17.5. The zero-order valence-corrected chi connectivity index (χ0v) is 18.3. The number of piperidine rings is 1. The van der Waals surface area contributed by atoms with E-state index in [2.05, 4.69) is 18.0 Å². The van der Waals surface area contributed by atoms with Gasteiger partial charge in [0.05, 0.1) is 4.90 Å². The smallest absolute Gasteiger partial charge is 0.297 e. The molecule has 0 aromatic heterocycles. The molecule has 4 aliphatic rings. The van der Waals surface area contributed by atoms with E-state index < -0.39 is 22.3 Å². The molecule has 2 aliphatic heterocycles. The van der Waals surface area contributed by atoms with Crippen LogP contribution in [0.3, 0.4) is 0 Å². The molecule has 6 nitrogen and oxygen atoms in total. The van der Waals surface area contributed by atoms with Gasteiger partial charge in [0.25, 0.3) is 10.1 Å². The summed E-state index contributed by atoms with van der Waals surface area (Å²) in [4.78, 5) is 2.52. The molecule has 5 atom stereocenters. The molecule has 2 aromatic carbocycles. The van der Waals surface area contributed by atoms with Crippen LogP contribution in [-0.2, 0) is 26.1 Å². The standard InChI is InChI=1S/C24H25NO5S/c1-14-3-6-16(7-4-14)31(27,28)30-20-10-8-17-18-13-15-5-9-19(26)22-21(15)24(17,23(20)29-22)11-12-25(18)2/h3-10,17-18,20,23,26H,11-13H2,1-2H3/t17-,18+,20-,23-,24-/m0/s1. The topological polar surface area (TPSA) is 76.1 Å². The van der Waals surface area contributed by atoms with E-state index in [4.69, 9.17) is 8.92 Å². The van der Waals surface area contributed by atoms with Crippen molar-refractivity contribution in [2.75, 3.05) is 13.6 Å². The maximum absolute atomic E-state index is 13.1. The number of phenols is 1. The van der Waals surface area contributed by atoms with Gasteiger partial charge in [0.1, 0.15) is 12.2 Å². The number of benzene rings is 2. The first-order valence-corrected chi connectivity index (χ1v) is 12.1. The molecule has 2 heterocycles. The summed E-state index contributed by atoms with van der Waals surface area (Å²) in [5, 5.41) is 10.6. The van der Waals surface area contributed by atoms with Crippen LogP contribution in [0, 0.1) is 12.8 Å². The van der Waals surface area contributed by atoms with E-state index in [-0.39, 0.29) is 22.0 Å². The van der Waals surface area contributed by atoms with Crippen LogP contribution >= 0.6 is 0 Å². The quantitative estimate of drug-likeness (QED) is 0.586. The van der Waals surface area contributed by atoms with Crippen molar-refractivity contribution in [1.29, 1.82) is 0 Å². The van der Waals surface area contributed by atoms with Crippen LogP contribution in [0.4, 0.5) is 0 Å². The second-order valence-corrected chi connectivity index (χ2v) is 10.8. The van der Waals surface area contributed by atoms with E-state index in [9.17, 15) is 13.5 Å². The predicted molar refractivity (Wildman–Crippen MR) is 115 cm³/mol. The fourth-order valence-electron chi connectivity index (χ4n) is 6.21. The minimum absolute atomic E-state index is 0.110. The molecule has 1 fully saturated rings. The van der Waals surface area contributed by atoms with Gasteiger partial charge in [0.2, 0.25) is 0 Å². The fraction of sp³-hybridized carbons (Fsp3) is 0.417. The fourth-order valence-corrected chi connectivity index (χ4v) is 7.25. The zero-order chi connectivity index (χ0) is 21.5. The molecule has 2 aliphatic carbocycles. The lowest BCUT2D eigenvalue weighted by atomic mass is 9.53. The lowest BCUT2D eigenvalue weighted by Crippen LogP contribution is -2.65. The summed E-state index contributed by atoms with van der Waals surface area (Å²) in [5.74, 6) is 0.799. The Kier molecular flexibility index (Phi) is 3.96. The van der Waals surface area contributed by atoms with Crippen molar-refractivity contribution in [2.45, 2.75) is 48.3 Å². The molecule has 1 spiro atoms. The second-order valence-electron chi connectivity index (χ2n) is 9.27. The molecule has 0 radical (unpaired) electrons. The number of phenolic OH excluding ortho intramolecular Hbond substituents is 1. The summed E-state index contributed by atoms with van der Waals surface area (Å²) in [7, 11) is -1.82. The van der Waals surface area contributed by atoms with Crippen LogP contribution in [0.15, 0.2) is 53.4 Å². The van der Waals surface area contributed by atoms with Crippen molar-refractivity contribution in [2.24, 2.45) is 5.92 Å². The maximum atomic E-state index is 13.1. The molecule has 7 heteroatoms. The number of hydrogen-bond donors (Lipinski definition) is 1. The third kappa shape index (κ3) is 2.54. The van der Waals surface area contributed by atoms with Crippen molar-refractivity contribution in [3.63, 3.8) is 0 Å². The van der Waals surface area contributed by atoms with Gasteiger partial charge >= 0.3 is 0 Å². The Hall–Kier alpha value is -2.35. The van der Waals surface area contributed by atoms with Crippen LogP contribution in [0.5, 0.6) is 11.5 Å². The minimum Gasteiger partial charge on any atom is -0.504 e. The van der Waals surface area contributed by atoms with Gasteiger partial charge < -0.3 is 14.7 Å². The first kappa shape index (κ1) is 19.3. The highest BCUT2D eigenvalue weighted by Crippen LogP contribution is 2.62. The third-order valence-electron chi connectivity index (χ3n) is 7.68. The Bertz CT molecular complexity index is 1210. The summed E-state index contributed by atoms with van der Waals surface area (Å²) in [6.45, 7) is 2.80. The summed E-state index contributed by atoms with van der Waals surface area (Å²) < 4.78 is 38.2. The summed E-state index contributed by atoms with van der Waals surface area (Å²) >= 11 is 0. The highest BCUT2D eigenvalue weighted by Gasteiger charge is 2.65. The Morgan fingerprint density at radius 2 is 1.94 bits per heavy atom. The van der Waals surface area contributed by atoms with Crippen LogP contribution in [0.2, 0.25) is 0 Å². The highest BCUT2D eigenvalue weighted by molar-refractivity contribution is 7.86.